The molecule has 178 valence electrons. The molecule has 1 aromatic rings. The number of aryl methyl sites for hydroxylation is 3. The fraction of sp³-hybridized carbons (Fsp3) is 0.667. The number of amides is 2. The molecule has 1 aromatic carbocycles. The number of piperidine rings is 1. The lowest BCUT2D eigenvalue weighted by Crippen LogP contribution is -2.48. The van der Waals surface area contributed by atoms with Gasteiger partial charge in [-0.3, -0.25) is 9.59 Å². The van der Waals surface area contributed by atoms with Crippen molar-refractivity contribution in [3.63, 3.8) is 0 Å². The molecule has 1 saturated heterocycles. The summed E-state index contributed by atoms with van der Waals surface area (Å²) in [6.07, 6.45) is 7.33. The summed E-state index contributed by atoms with van der Waals surface area (Å²) >= 11 is 0. The second-order valence-corrected chi connectivity index (χ2v) is 11.1. The summed E-state index contributed by atoms with van der Waals surface area (Å²) in [5, 5.41) is 3.18. The first-order valence-corrected chi connectivity index (χ1v) is 13.3. The number of rotatable bonds is 7. The Hall–Kier alpha value is -1.93. The van der Waals surface area contributed by atoms with E-state index < -0.39 is 10.0 Å². The predicted molar refractivity (Wildman–Crippen MR) is 125 cm³/mol. The second kappa shape index (κ2) is 10.8. The van der Waals surface area contributed by atoms with Gasteiger partial charge in [0.05, 0.1) is 10.8 Å². The summed E-state index contributed by atoms with van der Waals surface area (Å²) in [4.78, 5) is 27.4. The lowest BCUT2D eigenvalue weighted by atomic mass is 9.93. The summed E-state index contributed by atoms with van der Waals surface area (Å²) < 4.78 is 28.1. The molecule has 1 aliphatic carbocycles. The highest BCUT2D eigenvalue weighted by Gasteiger charge is 2.30. The van der Waals surface area contributed by atoms with Crippen molar-refractivity contribution in [2.24, 2.45) is 5.92 Å². The molecular formula is C24H37N3O4S. The van der Waals surface area contributed by atoms with E-state index in [1.54, 1.807) is 18.7 Å². The van der Waals surface area contributed by atoms with Crippen LogP contribution in [0, 0.1) is 26.7 Å². The van der Waals surface area contributed by atoms with E-state index in [0.717, 1.165) is 44.1 Å². The molecule has 1 aliphatic heterocycles. The highest BCUT2D eigenvalue weighted by molar-refractivity contribution is 7.89. The molecule has 0 bridgehead atoms. The van der Waals surface area contributed by atoms with Crippen LogP contribution in [0.4, 0.5) is 0 Å². The fourth-order valence-electron chi connectivity index (χ4n) is 5.10. The van der Waals surface area contributed by atoms with Crippen LogP contribution in [-0.2, 0) is 19.6 Å². The van der Waals surface area contributed by atoms with Crippen molar-refractivity contribution in [1.82, 2.24) is 14.9 Å². The summed E-state index contributed by atoms with van der Waals surface area (Å²) in [5.41, 5.74) is 2.41. The maximum absolute atomic E-state index is 12.8. The smallest absolute Gasteiger partial charge is 0.241 e. The third kappa shape index (κ3) is 6.32. The van der Waals surface area contributed by atoms with Crippen LogP contribution in [-0.4, -0.2) is 50.8 Å². The van der Waals surface area contributed by atoms with E-state index in [2.05, 4.69) is 10.0 Å². The molecule has 0 spiro atoms. The van der Waals surface area contributed by atoms with E-state index in [1.807, 2.05) is 19.1 Å². The van der Waals surface area contributed by atoms with Crippen molar-refractivity contribution in [3.05, 3.63) is 28.8 Å². The number of benzene rings is 1. The van der Waals surface area contributed by atoms with E-state index in [0.29, 0.717) is 24.2 Å². The molecule has 3 rings (SSSR count). The van der Waals surface area contributed by atoms with Crippen LogP contribution in [0.25, 0.3) is 0 Å². The molecule has 32 heavy (non-hydrogen) atoms. The van der Waals surface area contributed by atoms with Gasteiger partial charge in [-0.1, -0.05) is 37.0 Å². The minimum atomic E-state index is -3.69. The topological polar surface area (TPSA) is 95.6 Å². The SMILES string of the molecule is Cc1cc(C)c(S(=O)(=O)NCCC(=O)N2CCCC(C(=O)NC3CCCCC3)C2)c(C)c1. The second-order valence-electron chi connectivity index (χ2n) is 9.40. The van der Waals surface area contributed by atoms with Crippen LogP contribution in [0.3, 0.4) is 0 Å². The largest absolute Gasteiger partial charge is 0.353 e. The Morgan fingerprint density at radius 2 is 1.66 bits per heavy atom. The van der Waals surface area contributed by atoms with Gasteiger partial charge in [0.1, 0.15) is 0 Å². The highest BCUT2D eigenvalue weighted by Crippen LogP contribution is 2.23. The number of nitrogens with one attached hydrogen (secondary N) is 2. The third-order valence-corrected chi connectivity index (χ3v) is 8.37. The molecule has 1 saturated carbocycles. The molecule has 0 radical (unpaired) electrons. The maximum Gasteiger partial charge on any atom is 0.241 e. The zero-order chi connectivity index (χ0) is 23.3. The first-order chi connectivity index (χ1) is 15.2. The Morgan fingerprint density at radius 1 is 1.00 bits per heavy atom. The van der Waals surface area contributed by atoms with Gasteiger partial charge in [-0.05, 0) is 57.6 Å². The van der Waals surface area contributed by atoms with E-state index in [4.69, 9.17) is 0 Å². The lowest BCUT2D eigenvalue weighted by molar-refractivity contribution is -0.135. The quantitative estimate of drug-likeness (QED) is 0.650. The monoisotopic (exact) mass is 463 g/mol. The van der Waals surface area contributed by atoms with Gasteiger partial charge in [0.25, 0.3) is 0 Å². The molecule has 7 nitrogen and oxygen atoms in total. The number of hydrogen-bond acceptors (Lipinski definition) is 4. The number of nitrogens with zero attached hydrogens (tertiary/aromatic N) is 1. The van der Waals surface area contributed by atoms with Crippen molar-refractivity contribution in [2.45, 2.75) is 83.1 Å². The molecule has 2 amide bonds. The Labute approximate surface area is 192 Å². The zero-order valence-corrected chi connectivity index (χ0v) is 20.4. The maximum atomic E-state index is 12.8. The fourth-order valence-corrected chi connectivity index (χ4v) is 6.58. The van der Waals surface area contributed by atoms with E-state index in [9.17, 15) is 18.0 Å². The van der Waals surface area contributed by atoms with Crippen LogP contribution >= 0.6 is 0 Å². The Morgan fingerprint density at radius 3 is 2.31 bits per heavy atom. The van der Waals surface area contributed by atoms with Gasteiger partial charge in [-0.15, -0.1) is 0 Å². The molecule has 0 aromatic heterocycles. The van der Waals surface area contributed by atoms with Crippen LogP contribution in [0.15, 0.2) is 17.0 Å². The van der Waals surface area contributed by atoms with Gasteiger partial charge in [-0.2, -0.15) is 0 Å². The van der Waals surface area contributed by atoms with E-state index >= 15 is 0 Å². The molecule has 2 N–H and O–H groups in total. The molecule has 2 fully saturated rings. The van der Waals surface area contributed by atoms with E-state index in [1.165, 1.54) is 6.42 Å². The zero-order valence-electron chi connectivity index (χ0n) is 19.6. The first kappa shape index (κ1) is 24.7. The molecular weight excluding hydrogens is 426 g/mol. The number of carbonyl (C=O) groups is 2. The summed E-state index contributed by atoms with van der Waals surface area (Å²) in [7, 11) is -3.69. The van der Waals surface area contributed by atoms with Crippen LogP contribution in [0.1, 0.15) is 68.1 Å². The molecule has 2 aliphatic rings. The molecule has 1 unspecified atom stereocenters. The Kier molecular flexibility index (Phi) is 8.33. The molecule has 8 heteroatoms. The van der Waals surface area contributed by atoms with Crippen molar-refractivity contribution in [2.75, 3.05) is 19.6 Å². The average Bonchev–Trinajstić information content (AvgIpc) is 2.73. The lowest BCUT2D eigenvalue weighted by Gasteiger charge is -2.33. The van der Waals surface area contributed by atoms with E-state index in [-0.39, 0.29) is 41.6 Å². The number of hydrogen-bond donors (Lipinski definition) is 2. The van der Waals surface area contributed by atoms with Crippen molar-refractivity contribution < 1.29 is 18.0 Å². The Bertz CT molecular complexity index is 916. The number of carbonyl (C=O) groups excluding carboxylic acids is 2. The van der Waals surface area contributed by atoms with Crippen molar-refractivity contribution in [3.8, 4) is 0 Å². The predicted octanol–water partition coefficient (Wildman–Crippen LogP) is 2.97. The standard InChI is InChI=1S/C24H37N3O4S/c1-17-14-18(2)23(19(3)15-17)32(30,31)25-12-11-22(28)27-13-7-8-20(16-27)24(29)26-21-9-5-4-6-10-21/h14-15,20-21,25H,4-13,16H2,1-3H3,(H,26,29). The van der Waals surface area contributed by atoms with Gasteiger partial charge < -0.3 is 10.2 Å². The summed E-state index contributed by atoms with van der Waals surface area (Å²) in [6.45, 7) is 6.58. The average molecular weight is 464 g/mol. The van der Waals surface area contributed by atoms with Gasteiger partial charge in [0, 0.05) is 32.1 Å². The van der Waals surface area contributed by atoms with Crippen LogP contribution < -0.4 is 10.0 Å². The molecule has 1 heterocycles. The van der Waals surface area contributed by atoms with Gasteiger partial charge in [0.2, 0.25) is 21.8 Å². The van der Waals surface area contributed by atoms with Crippen molar-refractivity contribution in [1.29, 1.82) is 0 Å². The number of likely N-dealkylation sites (tertiary alicyclic amines) is 1. The van der Waals surface area contributed by atoms with Crippen LogP contribution in [0.2, 0.25) is 0 Å². The van der Waals surface area contributed by atoms with Gasteiger partial charge in [0.15, 0.2) is 0 Å². The molecule has 1 atom stereocenters. The minimum absolute atomic E-state index is 0.0450. The summed E-state index contributed by atoms with van der Waals surface area (Å²) in [6, 6.07) is 3.96. The minimum Gasteiger partial charge on any atom is -0.353 e. The van der Waals surface area contributed by atoms with Gasteiger partial charge >= 0.3 is 0 Å². The highest BCUT2D eigenvalue weighted by atomic mass is 32.2. The number of sulfonamides is 1. The summed E-state index contributed by atoms with van der Waals surface area (Å²) in [5.74, 6) is -0.232. The first-order valence-electron chi connectivity index (χ1n) is 11.8. The van der Waals surface area contributed by atoms with Crippen LogP contribution in [0.5, 0.6) is 0 Å². The normalized spacial score (nSPS) is 20.2. The Balaban J connectivity index is 1.50. The van der Waals surface area contributed by atoms with Gasteiger partial charge in [-0.25, -0.2) is 13.1 Å². The van der Waals surface area contributed by atoms with Crippen molar-refractivity contribution >= 4 is 21.8 Å². The third-order valence-electron chi connectivity index (χ3n) is 6.60.